The number of amides is 2. The molecule has 2 rings (SSSR count). The maximum atomic E-state index is 11.8. The number of para-hydroxylation sites is 2. The first-order valence-corrected chi connectivity index (χ1v) is 9.09. The lowest BCUT2D eigenvalue weighted by Gasteiger charge is -2.11. The van der Waals surface area contributed by atoms with Crippen molar-refractivity contribution in [3.63, 3.8) is 0 Å². The van der Waals surface area contributed by atoms with Gasteiger partial charge in [0, 0.05) is 11.1 Å². The number of rotatable bonds is 8. The SMILES string of the molecule is CC(C)Oc1ccccc1/C=N\NC(=O)N/N=C/c1ccccc1OC(C)C. The van der Waals surface area contributed by atoms with Crippen molar-refractivity contribution >= 4 is 18.5 Å². The Hall–Kier alpha value is -3.35. The Bertz CT molecular complexity index is 764. The van der Waals surface area contributed by atoms with Crippen LogP contribution in [0.15, 0.2) is 58.7 Å². The molecule has 0 aliphatic carbocycles. The molecule has 7 nitrogen and oxygen atoms in total. The lowest BCUT2D eigenvalue weighted by Crippen LogP contribution is -2.28. The van der Waals surface area contributed by atoms with Gasteiger partial charge in [0.2, 0.25) is 0 Å². The first kappa shape index (κ1) is 21.0. The summed E-state index contributed by atoms with van der Waals surface area (Å²) in [6.45, 7) is 7.79. The second kappa shape index (κ2) is 10.7. The van der Waals surface area contributed by atoms with Gasteiger partial charge in [-0.05, 0) is 52.0 Å². The highest BCUT2D eigenvalue weighted by atomic mass is 16.5. The average Bonchev–Trinajstić information content (AvgIpc) is 2.64. The predicted octanol–water partition coefficient (Wildman–Crippen LogP) is 3.93. The topological polar surface area (TPSA) is 84.3 Å². The molecule has 2 amide bonds. The van der Waals surface area contributed by atoms with E-state index in [0.717, 1.165) is 11.1 Å². The van der Waals surface area contributed by atoms with Gasteiger partial charge in [0.15, 0.2) is 0 Å². The van der Waals surface area contributed by atoms with Crippen molar-refractivity contribution in [3.05, 3.63) is 59.7 Å². The minimum absolute atomic E-state index is 0.0442. The van der Waals surface area contributed by atoms with E-state index in [-0.39, 0.29) is 12.2 Å². The van der Waals surface area contributed by atoms with Crippen LogP contribution in [0.5, 0.6) is 11.5 Å². The van der Waals surface area contributed by atoms with E-state index in [9.17, 15) is 4.79 Å². The molecule has 0 fully saturated rings. The van der Waals surface area contributed by atoms with Gasteiger partial charge >= 0.3 is 6.03 Å². The number of hydrogen-bond donors (Lipinski definition) is 2. The Morgan fingerprint density at radius 2 is 1.18 bits per heavy atom. The molecule has 28 heavy (non-hydrogen) atoms. The molecule has 2 aromatic rings. The number of benzene rings is 2. The molecule has 0 heterocycles. The Morgan fingerprint density at radius 1 is 0.786 bits per heavy atom. The first-order valence-electron chi connectivity index (χ1n) is 9.09. The number of nitrogens with one attached hydrogen (secondary N) is 2. The lowest BCUT2D eigenvalue weighted by atomic mass is 10.2. The monoisotopic (exact) mass is 382 g/mol. The highest BCUT2D eigenvalue weighted by Crippen LogP contribution is 2.18. The summed E-state index contributed by atoms with van der Waals surface area (Å²) in [6.07, 6.45) is 3.13. The van der Waals surface area contributed by atoms with Crippen molar-refractivity contribution in [1.29, 1.82) is 0 Å². The van der Waals surface area contributed by atoms with E-state index < -0.39 is 6.03 Å². The van der Waals surface area contributed by atoms with E-state index in [0.29, 0.717) is 11.5 Å². The number of urea groups is 1. The zero-order valence-electron chi connectivity index (χ0n) is 16.5. The molecule has 0 aromatic heterocycles. The second-order valence-electron chi connectivity index (χ2n) is 6.48. The molecule has 2 N–H and O–H groups in total. The smallest absolute Gasteiger partial charge is 0.355 e. The summed E-state index contributed by atoms with van der Waals surface area (Å²) in [5, 5.41) is 7.85. The molecule has 0 bridgehead atoms. The Morgan fingerprint density at radius 3 is 1.57 bits per heavy atom. The number of ether oxygens (including phenoxy) is 2. The largest absolute Gasteiger partial charge is 0.490 e. The second-order valence-corrected chi connectivity index (χ2v) is 6.48. The van der Waals surface area contributed by atoms with Gasteiger partial charge in [0.1, 0.15) is 11.5 Å². The van der Waals surface area contributed by atoms with Crippen molar-refractivity contribution in [3.8, 4) is 11.5 Å². The van der Waals surface area contributed by atoms with Crippen LogP contribution in [-0.4, -0.2) is 30.7 Å². The molecule has 0 unspecified atom stereocenters. The summed E-state index contributed by atoms with van der Waals surface area (Å²) in [6, 6.07) is 14.3. The van der Waals surface area contributed by atoms with Crippen LogP contribution >= 0.6 is 0 Å². The van der Waals surface area contributed by atoms with Gasteiger partial charge in [-0.3, -0.25) is 0 Å². The summed E-state index contributed by atoms with van der Waals surface area (Å²) in [4.78, 5) is 11.8. The fourth-order valence-electron chi connectivity index (χ4n) is 2.24. The minimum Gasteiger partial charge on any atom is -0.490 e. The van der Waals surface area contributed by atoms with Gasteiger partial charge in [-0.1, -0.05) is 24.3 Å². The van der Waals surface area contributed by atoms with Gasteiger partial charge in [-0.2, -0.15) is 10.2 Å². The summed E-state index contributed by atoms with van der Waals surface area (Å²) in [7, 11) is 0. The van der Waals surface area contributed by atoms with Crippen LogP contribution in [0, 0.1) is 0 Å². The summed E-state index contributed by atoms with van der Waals surface area (Å²) >= 11 is 0. The Labute approximate surface area is 165 Å². The quantitative estimate of drug-likeness (QED) is 0.536. The van der Waals surface area contributed by atoms with Crippen LogP contribution in [0.25, 0.3) is 0 Å². The molecule has 0 saturated heterocycles. The van der Waals surface area contributed by atoms with Crippen LogP contribution in [-0.2, 0) is 0 Å². The fourth-order valence-corrected chi connectivity index (χ4v) is 2.24. The predicted molar refractivity (Wildman–Crippen MR) is 111 cm³/mol. The molecular formula is C21H26N4O3. The Kier molecular flexibility index (Phi) is 8.02. The highest BCUT2D eigenvalue weighted by molar-refractivity contribution is 5.86. The van der Waals surface area contributed by atoms with Crippen LogP contribution in [0.1, 0.15) is 38.8 Å². The number of nitrogens with zero attached hydrogens (tertiary/aromatic N) is 2. The minimum atomic E-state index is -0.558. The van der Waals surface area contributed by atoms with E-state index in [1.165, 1.54) is 12.4 Å². The summed E-state index contributed by atoms with van der Waals surface area (Å²) < 4.78 is 11.4. The summed E-state index contributed by atoms with van der Waals surface area (Å²) in [5.41, 5.74) is 6.25. The number of carbonyl (C=O) groups excluding carboxylic acids is 1. The average molecular weight is 382 g/mol. The van der Waals surface area contributed by atoms with Gasteiger partial charge in [-0.25, -0.2) is 15.6 Å². The van der Waals surface area contributed by atoms with Crippen molar-refractivity contribution in [2.24, 2.45) is 10.2 Å². The fraction of sp³-hybridized carbons (Fsp3) is 0.286. The highest BCUT2D eigenvalue weighted by Gasteiger charge is 2.04. The molecule has 0 aliphatic heterocycles. The molecule has 2 aromatic carbocycles. The van der Waals surface area contributed by atoms with Gasteiger partial charge < -0.3 is 9.47 Å². The molecule has 0 radical (unpaired) electrons. The normalized spacial score (nSPS) is 11.4. The third-order valence-corrected chi connectivity index (χ3v) is 3.30. The molecule has 7 heteroatoms. The van der Waals surface area contributed by atoms with Crippen molar-refractivity contribution in [2.45, 2.75) is 39.9 Å². The molecular weight excluding hydrogens is 356 g/mol. The van der Waals surface area contributed by atoms with Crippen molar-refractivity contribution < 1.29 is 14.3 Å². The zero-order valence-corrected chi connectivity index (χ0v) is 16.5. The van der Waals surface area contributed by atoms with Gasteiger partial charge in [-0.15, -0.1) is 0 Å². The Balaban J connectivity index is 1.90. The van der Waals surface area contributed by atoms with Gasteiger partial charge in [0.05, 0.1) is 24.6 Å². The maximum absolute atomic E-state index is 11.8. The summed E-state index contributed by atoms with van der Waals surface area (Å²) in [5.74, 6) is 1.39. The standard InChI is InChI=1S/C21H26N4O3/c1-15(2)27-19-11-7-5-9-17(19)13-22-24-21(26)25-23-14-18-10-6-8-12-20(18)28-16(3)4/h5-16H,1-4H3,(H2,24,25,26)/b22-13-,23-14+. The van der Waals surface area contributed by atoms with Gasteiger partial charge in [0.25, 0.3) is 0 Å². The van der Waals surface area contributed by atoms with Crippen LogP contribution in [0.3, 0.4) is 0 Å². The maximum Gasteiger partial charge on any atom is 0.355 e. The molecule has 0 atom stereocenters. The zero-order chi connectivity index (χ0) is 20.4. The molecule has 0 spiro atoms. The molecule has 0 saturated carbocycles. The third-order valence-electron chi connectivity index (χ3n) is 3.30. The number of hydrogen-bond acceptors (Lipinski definition) is 5. The van der Waals surface area contributed by atoms with Crippen molar-refractivity contribution in [2.75, 3.05) is 0 Å². The van der Waals surface area contributed by atoms with Crippen LogP contribution < -0.4 is 20.3 Å². The van der Waals surface area contributed by atoms with E-state index in [1.807, 2.05) is 76.2 Å². The lowest BCUT2D eigenvalue weighted by molar-refractivity contribution is 0.240. The first-order chi connectivity index (χ1) is 13.5. The van der Waals surface area contributed by atoms with Crippen molar-refractivity contribution in [1.82, 2.24) is 10.9 Å². The van der Waals surface area contributed by atoms with E-state index >= 15 is 0 Å². The van der Waals surface area contributed by atoms with E-state index in [4.69, 9.17) is 9.47 Å². The van der Waals surface area contributed by atoms with Crippen LogP contribution in [0.2, 0.25) is 0 Å². The number of hydrazone groups is 2. The van der Waals surface area contributed by atoms with E-state index in [1.54, 1.807) is 0 Å². The number of carbonyl (C=O) groups is 1. The van der Waals surface area contributed by atoms with Crippen LogP contribution in [0.4, 0.5) is 4.79 Å². The third kappa shape index (κ3) is 7.11. The van der Waals surface area contributed by atoms with E-state index in [2.05, 4.69) is 21.1 Å². The molecule has 0 aliphatic rings. The molecule has 148 valence electrons.